The van der Waals surface area contributed by atoms with Crippen molar-refractivity contribution in [1.29, 1.82) is 0 Å². The van der Waals surface area contributed by atoms with Gasteiger partial charge in [0.15, 0.2) is 0 Å². The lowest BCUT2D eigenvalue weighted by atomic mass is 9.77. The fourth-order valence-electron chi connectivity index (χ4n) is 2.03. The van der Waals surface area contributed by atoms with Crippen molar-refractivity contribution in [2.24, 2.45) is 0 Å². The summed E-state index contributed by atoms with van der Waals surface area (Å²) >= 11 is 0. The molecule has 0 spiro atoms. The van der Waals surface area contributed by atoms with Gasteiger partial charge in [0, 0.05) is 13.2 Å². The second-order valence-electron chi connectivity index (χ2n) is 3.89. The molecular formula is C10H14N4O3. The summed E-state index contributed by atoms with van der Waals surface area (Å²) in [6, 6.07) is 0. The summed E-state index contributed by atoms with van der Waals surface area (Å²) in [7, 11) is 1.36. The van der Waals surface area contributed by atoms with Crippen molar-refractivity contribution in [2.75, 3.05) is 26.1 Å². The number of carbonyl (C=O) groups excluding carboxylic acids is 1. The molecule has 0 amide bonds. The van der Waals surface area contributed by atoms with Crippen LogP contribution in [0.3, 0.4) is 0 Å². The Hall–Kier alpha value is -1.76. The highest BCUT2D eigenvalue weighted by Gasteiger charge is 2.44. The summed E-state index contributed by atoms with van der Waals surface area (Å²) in [5.41, 5.74) is 5.19. The zero-order valence-corrected chi connectivity index (χ0v) is 9.55. The fourth-order valence-corrected chi connectivity index (χ4v) is 2.03. The van der Waals surface area contributed by atoms with Crippen LogP contribution >= 0.6 is 0 Å². The van der Waals surface area contributed by atoms with E-state index in [4.69, 9.17) is 15.2 Å². The maximum absolute atomic E-state index is 12.0. The van der Waals surface area contributed by atoms with Crippen molar-refractivity contribution in [3.63, 3.8) is 0 Å². The van der Waals surface area contributed by atoms with Crippen molar-refractivity contribution >= 4 is 11.9 Å². The first-order chi connectivity index (χ1) is 8.19. The predicted molar refractivity (Wildman–Crippen MR) is 58.0 cm³/mol. The van der Waals surface area contributed by atoms with E-state index in [2.05, 4.69) is 15.2 Å². The van der Waals surface area contributed by atoms with Gasteiger partial charge < -0.3 is 15.2 Å². The van der Waals surface area contributed by atoms with E-state index in [1.54, 1.807) is 0 Å². The van der Waals surface area contributed by atoms with Gasteiger partial charge in [0.2, 0.25) is 5.95 Å². The molecule has 0 bridgehead atoms. The van der Waals surface area contributed by atoms with E-state index >= 15 is 0 Å². The standard InChI is InChI=1S/C10H14N4O3/c1-16-8(15)10(2-4-17-5-3-10)7-6-12-14-9(11)13-7/h6H,2-5H2,1H3,(H2,11,13,14). The van der Waals surface area contributed by atoms with Gasteiger partial charge in [0.25, 0.3) is 0 Å². The van der Waals surface area contributed by atoms with Gasteiger partial charge in [-0.25, -0.2) is 4.98 Å². The van der Waals surface area contributed by atoms with Crippen molar-refractivity contribution < 1.29 is 14.3 Å². The van der Waals surface area contributed by atoms with E-state index in [-0.39, 0.29) is 11.9 Å². The van der Waals surface area contributed by atoms with Crippen LogP contribution < -0.4 is 5.73 Å². The number of carbonyl (C=O) groups is 1. The Balaban J connectivity index is 2.42. The molecule has 2 N–H and O–H groups in total. The molecule has 0 aliphatic carbocycles. The van der Waals surface area contributed by atoms with Gasteiger partial charge in [-0.1, -0.05) is 0 Å². The Bertz CT molecular complexity index is 418. The van der Waals surface area contributed by atoms with E-state index in [1.807, 2.05) is 0 Å². The molecule has 0 aromatic carbocycles. The van der Waals surface area contributed by atoms with E-state index < -0.39 is 5.41 Å². The zero-order valence-electron chi connectivity index (χ0n) is 9.55. The van der Waals surface area contributed by atoms with Crippen LogP contribution in [0.25, 0.3) is 0 Å². The highest BCUT2D eigenvalue weighted by atomic mass is 16.5. The highest BCUT2D eigenvalue weighted by molar-refractivity contribution is 5.82. The number of nitrogens with zero attached hydrogens (tertiary/aromatic N) is 3. The molecule has 0 atom stereocenters. The lowest BCUT2D eigenvalue weighted by molar-refractivity contribution is -0.151. The number of esters is 1. The maximum atomic E-state index is 12.0. The van der Waals surface area contributed by atoms with Crippen LogP contribution in [0, 0.1) is 0 Å². The summed E-state index contributed by atoms with van der Waals surface area (Å²) in [6.07, 6.45) is 2.48. The van der Waals surface area contributed by atoms with Gasteiger partial charge in [0.05, 0.1) is 19.0 Å². The molecule has 92 valence electrons. The molecule has 7 nitrogen and oxygen atoms in total. The second kappa shape index (κ2) is 4.62. The van der Waals surface area contributed by atoms with Gasteiger partial charge in [0.1, 0.15) is 5.41 Å². The number of aromatic nitrogens is 3. The van der Waals surface area contributed by atoms with E-state index in [0.29, 0.717) is 31.7 Å². The number of rotatable bonds is 2. The Kier molecular flexibility index (Phi) is 3.19. The van der Waals surface area contributed by atoms with E-state index in [1.165, 1.54) is 13.3 Å². The average Bonchev–Trinajstić information content (AvgIpc) is 2.38. The van der Waals surface area contributed by atoms with Gasteiger partial charge in [-0.05, 0) is 12.8 Å². The smallest absolute Gasteiger partial charge is 0.318 e. The number of methoxy groups -OCH3 is 1. The molecule has 1 saturated heterocycles. The Labute approximate surface area is 98.3 Å². The van der Waals surface area contributed by atoms with Gasteiger partial charge >= 0.3 is 5.97 Å². The fraction of sp³-hybridized carbons (Fsp3) is 0.600. The lowest BCUT2D eigenvalue weighted by Crippen LogP contribution is -2.43. The first kappa shape index (κ1) is 11.7. The minimum atomic E-state index is -0.808. The molecule has 1 aromatic rings. The quantitative estimate of drug-likeness (QED) is 0.704. The summed E-state index contributed by atoms with van der Waals surface area (Å²) in [5.74, 6) is -0.280. The number of ether oxygens (including phenoxy) is 2. The van der Waals surface area contributed by atoms with Crippen LogP contribution in [-0.2, 0) is 19.7 Å². The van der Waals surface area contributed by atoms with Crippen molar-refractivity contribution in [2.45, 2.75) is 18.3 Å². The normalized spacial score (nSPS) is 18.6. The topological polar surface area (TPSA) is 100 Å². The van der Waals surface area contributed by atoms with Crippen LogP contribution in [0.2, 0.25) is 0 Å². The van der Waals surface area contributed by atoms with Crippen LogP contribution in [0.1, 0.15) is 18.5 Å². The minimum absolute atomic E-state index is 0.0530. The third-order valence-electron chi connectivity index (χ3n) is 2.99. The Morgan fingerprint density at radius 1 is 1.53 bits per heavy atom. The largest absolute Gasteiger partial charge is 0.468 e. The van der Waals surface area contributed by atoms with Crippen molar-refractivity contribution in [3.05, 3.63) is 11.9 Å². The lowest BCUT2D eigenvalue weighted by Gasteiger charge is -2.33. The maximum Gasteiger partial charge on any atom is 0.318 e. The third kappa shape index (κ3) is 2.05. The summed E-state index contributed by atoms with van der Waals surface area (Å²) < 4.78 is 10.1. The first-order valence-electron chi connectivity index (χ1n) is 5.31. The molecule has 17 heavy (non-hydrogen) atoms. The number of hydrogen-bond donors (Lipinski definition) is 1. The molecule has 0 unspecified atom stereocenters. The molecule has 1 aliphatic rings. The molecule has 2 rings (SSSR count). The van der Waals surface area contributed by atoms with Crippen molar-refractivity contribution in [1.82, 2.24) is 15.2 Å². The molecule has 2 heterocycles. The molecule has 1 fully saturated rings. The van der Waals surface area contributed by atoms with Crippen molar-refractivity contribution in [3.8, 4) is 0 Å². The molecule has 0 saturated carbocycles. The molecule has 1 aliphatic heterocycles. The number of hydrogen-bond acceptors (Lipinski definition) is 7. The molecule has 1 aromatic heterocycles. The van der Waals surface area contributed by atoms with Gasteiger partial charge in [-0.15, -0.1) is 5.10 Å². The Morgan fingerprint density at radius 2 is 2.24 bits per heavy atom. The molecular weight excluding hydrogens is 224 g/mol. The third-order valence-corrected chi connectivity index (χ3v) is 2.99. The predicted octanol–water partition coefficient (Wildman–Crippen LogP) is -0.325. The van der Waals surface area contributed by atoms with E-state index in [9.17, 15) is 4.79 Å². The number of nitrogens with two attached hydrogens (primary N) is 1. The SMILES string of the molecule is COC(=O)C1(c2cnnc(N)n2)CCOCC1. The minimum Gasteiger partial charge on any atom is -0.468 e. The zero-order chi connectivity index (χ0) is 12.3. The average molecular weight is 238 g/mol. The molecule has 7 heteroatoms. The number of anilines is 1. The Morgan fingerprint density at radius 3 is 2.82 bits per heavy atom. The van der Waals surface area contributed by atoms with Crippen LogP contribution in [-0.4, -0.2) is 41.5 Å². The summed E-state index contributed by atoms with van der Waals surface area (Å²) in [5, 5.41) is 7.32. The number of nitrogen functional groups attached to an aromatic ring is 1. The van der Waals surface area contributed by atoms with Gasteiger partial charge in [-0.2, -0.15) is 5.10 Å². The summed E-state index contributed by atoms with van der Waals surface area (Å²) in [6.45, 7) is 0.970. The first-order valence-corrected chi connectivity index (χ1v) is 5.31. The van der Waals surface area contributed by atoms with Crippen LogP contribution in [0.5, 0.6) is 0 Å². The van der Waals surface area contributed by atoms with Crippen LogP contribution in [0.4, 0.5) is 5.95 Å². The van der Waals surface area contributed by atoms with Gasteiger partial charge in [-0.3, -0.25) is 4.79 Å². The second-order valence-corrected chi connectivity index (χ2v) is 3.89. The monoisotopic (exact) mass is 238 g/mol. The highest BCUT2D eigenvalue weighted by Crippen LogP contribution is 2.34. The van der Waals surface area contributed by atoms with Crippen LogP contribution in [0.15, 0.2) is 6.20 Å². The molecule has 0 radical (unpaired) electrons. The summed E-state index contributed by atoms with van der Waals surface area (Å²) in [4.78, 5) is 16.1. The van der Waals surface area contributed by atoms with E-state index in [0.717, 1.165) is 0 Å².